The molecule has 3 rings (SSSR count). The monoisotopic (exact) mass is 235 g/mol. The Hall–Kier alpha value is -2.22. The predicted molar refractivity (Wildman–Crippen MR) is 71.5 cm³/mol. The summed E-state index contributed by atoms with van der Waals surface area (Å²) < 4.78 is 0. The molecular formula is C16H13NO. The third-order valence-corrected chi connectivity index (χ3v) is 3.44. The lowest BCUT2D eigenvalue weighted by molar-refractivity contribution is 0.0988. The van der Waals surface area contributed by atoms with Crippen LogP contribution in [0.2, 0.25) is 0 Å². The van der Waals surface area contributed by atoms with Crippen LogP contribution in [0.15, 0.2) is 48.5 Å². The first-order chi connectivity index (χ1) is 8.68. The summed E-state index contributed by atoms with van der Waals surface area (Å²) in [6.07, 6.45) is 0. The van der Waals surface area contributed by atoms with Crippen LogP contribution in [-0.2, 0) is 0 Å². The van der Waals surface area contributed by atoms with Gasteiger partial charge in [0.25, 0.3) is 0 Å². The Kier molecular flexibility index (Phi) is 2.37. The fraction of sp³-hybridized carbons (Fsp3) is 0.125. The molecule has 2 aromatic rings. The molecule has 88 valence electrons. The van der Waals surface area contributed by atoms with Gasteiger partial charge in [0.2, 0.25) is 0 Å². The SMILES string of the molecule is Cc1ccc(C2C(=N)c3ccccc3C2=O)cc1. The van der Waals surface area contributed by atoms with Crippen LogP contribution >= 0.6 is 0 Å². The van der Waals surface area contributed by atoms with Crippen LogP contribution in [0.3, 0.4) is 0 Å². The number of hydrogen-bond acceptors (Lipinski definition) is 2. The van der Waals surface area contributed by atoms with Gasteiger partial charge >= 0.3 is 0 Å². The van der Waals surface area contributed by atoms with Gasteiger partial charge in [-0.1, -0.05) is 54.1 Å². The average molecular weight is 235 g/mol. The van der Waals surface area contributed by atoms with E-state index in [0.717, 1.165) is 16.7 Å². The summed E-state index contributed by atoms with van der Waals surface area (Å²) in [7, 11) is 0. The van der Waals surface area contributed by atoms with Gasteiger partial charge in [0.15, 0.2) is 5.78 Å². The van der Waals surface area contributed by atoms with Crippen LogP contribution in [0.1, 0.15) is 33.0 Å². The van der Waals surface area contributed by atoms with Crippen LogP contribution in [-0.4, -0.2) is 11.5 Å². The molecule has 0 aliphatic heterocycles. The van der Waals surface area contributed by atoms with Crippen molar-refractivity contribution in [2.24, 2.45) is 0 Å². The maximum absolute atomic E-state index is 12.4. The summed E-state index contributed by atoms with van der Waals surface area (Å²) in [5.41, 5.74) is 3.93. The zero-order chi connectivity index (χ0) is 12.7. The Balaban J connectivity index is 2.09. The van der Waals surface area contributed by atoms with Crippen molar-refractivity contribution in [3.8, 4) is 0 Å². The lowest BCUT2D eigenvalue weighted by Gasteiger charge is -2.09. The molecular weight excluding hydrogens is 222 g/mol. The van der Waals surface area contributed by atoms with Crippen molar-refractivity contribution in [1.29, 1.82) is 5.41 Å². The van der Waals surface area contributed by atoms with Crippen molar-refractivity contribution in [2.75, 3.05) is 0 Å². The van der Waals surface area contributed by atoms with Gasteiger partial charge < -0.3 is 5.41 Å². The van der Waals surface area contributed by atoms with Gasteiger partial charge in [-0.2, -0.15) is 0 Å². The number of rotatable bonds is 1. The Morgan fingerprint density at radius 1 is 0.944 bits per heavy atom. The molecule has 0 saturated heterocycles. The van der Waals surface area contributed by atoms with Crippen molar-refractivity contribution < 1.29 is 4.79 Å². The molecule has 1 N–H and O–H groups in total. The molecule has 2 aromatic carbocycles. The summed E-state index contributed by atoms with van der Waals surface area (Å²) in [6.45, 7) is 2.01. The zero-order valence-electron chi connectivity index (χ0n) is 10.1. The van der Waals surface area contributed by atoms with Crippen molar-refractivity contribution in [2.45, 2.75) is 12.8 Å². The second-order valence-electron chi connectivity index (χ2n) is 4.67. The van der Waals surface area contributed by atoms with E-state index in [1.807, 2.05) is 49.4 Å². The smallest absolute Gasteiger partial charge is 0.176 e. The van der Waals surface area contributed by atoms with E-state index >= 15 is 0 Å². The van der Waals surface area contributed by atoms with Crippen LogP contribution in [0.4, 0.5) is 0 Å². The van der Waals surface area contributed by atoms with Crippen molar-refractivity contribution in [1.82, 2.24) is 0 Å². The van der Waals surface area contributed by atoms with Crippen LogP contribution in [0.5, 0.6) is 0 Å². The Morgan fingerprint density at radius 3 is 2.17 bits per heavy atom. The summed E-state index contributed by atoms with van der Waals surface area (Å²) in [5.74, 6) is -0.387. The van der Waals surface area contributed by atoms with E-state index in [1.165, 1.54) is 0 Å². The molecule has 0 aromatic heterocycles. The molecule has 18 heavy (non-hydrogen) atoms. The number of benzene rings is 2. The highest BCUT2D eigenvalue weighted by molar-refractivity contribution is 6.30. The lowest BCUT2D eigenvalue weighted by atomic mass is 9.93. The van der Waals surface area contributed by atoms with E-state index in [4.69, 9.17) is 5.41 Å². The third-order valence-electron chi connectivity index (χ3n) is 3.44. The number of carbonyl (C=O) groups excluding carboxylic acids is 1. The lowest BCUT2D eigenvalue weighted by Crippen LogP contribution is -2.12. The molecule has 2 nitrogen and oxygen atoms in total. The van der Waals surface area contributed by atoms with Gasteiger partial charge in [-0.3, -0.25) is 4.79 Å². The van der Waals surface area contributed by atoms with Crippen molar-refractivity contribution in [3.63, 3.8) is 0 Å². The molecule has 1 atom stereocenters. The molecule has 0 radical (unpaired) electrons. The normalized spacial score (nSPS) is 17.9. The molecule has 1 unspecified atom stereocenters. The number of ketones is 1. The van der Waals surface area contributed by atoms with Gasteiger partial charge in [-0.15, -0.1) is 0 Å². The molecule has 1 aliphatic carbocycles. The summed E-state index contributed by atoms with van der Waals surface area (Å²) >= 11 is 0. The largest absolute Gasteiger partial charge is 0.304 e. The highest BCUT2D eigenvalue weighted by Crippen LogP contribution is 2.33. The topological polar surface area (TPSA) is 40.9 Å². The van der Waals surface area contributed by atoms with E-state index in [-0.39, 0.29) is 5.78 Å². The molecule has 0 heterocycles. The second-order valence-corrected chi connectivity index (χ2v) is 4.67. The third kappa shape index (κ3) is 1.50. The summed E-state index contributed by atoms with van der Waals surface area (Å²) in [4.78, 5) is 12.4. The number of Topliss-reactive ketones (excluding diaryl/α,β-unsaturated/α-hetero) is 1. The maximum atomic E-state index is 12.4. The van der Waals surface area contributed by atoms with Crippen molar-refractivity contribution in [3.05, 3.63) is 70.8 Å². The summed E-state index contributed by atoms with van der Waals surface area (Å²) in [5, 5.41) is 8.19. The minimum absolute atomic E-state index is 0.0412. The van der Waals surface area contributed by atoms with Crippen LogP contribution < -0.4 is 0 Å². The fourth-order valence-electron chi connectivity index (χ4n) is 2.45. The number of hydrogen-bond donors (Lipinski definition) is 1. The van der Waals surface area contributed by atoms with Gasteiger partial charge in [-0.25, -0.2) is 0 Å². The maximum Gasteiger partial charge on any atom is 0.176 e. The number of aryl methyl sites for hydroxylation is 1. The molecule has 0 fully saturated rings. The first-order valence-corrected chi connectivity index (χ1v) is 5.97. The Labute approximate surface area is 106 Å². The minimum Gasteiger partial charge on any atom is -0.304 e. The molecule has 1 aliphatic rings. The first kappa shape index (κ1) is 10.9. The Morgan fingerprint density at radius 2 is 1.56 bits per heavy atom. The minimum atomic E-state index is -0.428. The molecule has 0 spiro atoms. The Bertz CT molecular complexity index is 605. The van der Waals surface area contributed by atoms with Gasteiger partial charge in [0.1, 0.15) is 0 Å². The van der Waals surface area contributed by atoms with Crippen LogP contribution in [0.25, 0.3) is 0 Å². The molecule has 0 amide bonds. The van der Waals surface area contributed by atoms with E-state index in [2.05, 4.69) is 0 Å². The zero-order valence-corrected chi connectivity index (χ0v) is 10.1. The van der Waals surface area contributed by atoms with E-state index in [1.54, 1.807) is 6.07 Å². The van der Waals surface area contributed by atoms with Gasteiger partial charge in [0.05, 0.1) is 11.6 Å². The highest BCUT2D eigenvalue weighted by Gasteiger charge is 2.36. The second kappa shape index (κ2) is 3.91. The van der Waals surface area contributed by atoms with E-state index in [9.17, 15) is 4.79 Å². The predicted octanol–water partition coefficient (Wildman–Crippen LogP) is 3.34. The highest BCUT2D eigenvalue weighted by atomic mass is 16.1. The average Bonchev–Trinajstić information content (AvgIpc) is 2.64. The number of nitrogens with one attached hydrogen (secondary N) is 1. The van der Waals surface area contributed by atoms with Crippen molar-refractivity contribution >= 4 is 11.5 Å². The number of fused-ring (bicyclic) bond motifs is 1. The van der Waals surface area contributed by atoms with Gasteiger partial charge in [0, 0.05) is 11.1 Å². The van der Waals surface area contributed by atoms with E-state index < -0.39 is 5.92 Å². The number of carbonyl (C=O) groups is 1. The van der Waals surface area contributed by atoms with Gasteiger partial charge in [-0.05, 0) is 12.5 Å². The molecule has 2 heteroatoms. The molecule has 0 bridgehead atoms. The van der Waals surface area contributed by atoms with Crippen LogP contribution in [0, 0.1) is 12.3 Å². The quantitative estimate of drug-likeness (QED) is 0.809. The summed E-state index contributed by atoms with van der Waals surface area (Å²) in [6, 6.07) is 15.2. The molecule has 0 saturated carbocycles. The fourth-order valence-corrected chi connectivity index (χ4v) is 2.45. The first-order valence-electron chi connectivity index (χ1n) is 5.97. The van der Waals surface area contributed by atoms with E-state index in [0.29, 0.717) is 11.3 Å². The standard InChI is InChI=1S/C16H13NO/c1-10-6-8-11(9-7-10)14-15(17)12-4-2-3-5-13(12)16(14)18/h2-9,14,17H,1H3.